The summed E-state index contributed by atoms with van der Waals surface area (Å²) in [6, 6.07) is 13.2. The zero-order valence-electron chi connectivity index (χ0n) is 10.0. The molecule has 0 heterocycles. The van der Waals surface area contributed by atoms with Gasteiger partial charge in [-0.15, -0.1) is 0 Å². The molecule has 3 nitrogen and oxygen atoms in total. The van der Waals surface area contributed by atoms with Gasteiger partial charge in [0, 0.05) is 17.1 Å². The van der Waals surface area contributed by atoms with Crippen LogP contribution in [0.3, 0.4) is 0 Å². The van der Waals surface area contributed by atoms with Crippen molar-refractivity contribution in [3.63, 3.8) is 0 Å². The van der Waals surface area contributed by atoms with E-state index in [4.69, 9.17) is 15.2 Å². The van der Waals surface area contributed by atoms with Gasteiger partial charge in [0.2, 0.25) is 0 Å². The fourth-order valence-electron chi connectivity index (χ4n) is 1.56. The topological polar surface area (TPSA) is 44.5 Å². The Bertz CT molecular complexity index is 543. The van der Waals surface area contributed by atoms with Gasteiger partial charge in [0.25, 0.3) is 0 Å². The van der Waals surface area contributed by atoms with E-state index in [2.05, 4.69) is 15.9 Å². The van der Waals surface area contributed by atoms with Gasteiger partial charge in [-0.1, -0.05) is 28.1 Å². The second-order valence-electron chi connectivity index (χ2n) is 3.74. The van der Waals surface area contributed by atoms with Gasteiger partial charge in [-0.3, -0.25) is 0 Å². The van der Waals surface area contributed by atoms with Crippen molar-refractivity contribution >= 4 is 15.9 Å². The number of hydrogen-bond acceptors (Lipinski definition) is 3. The average Bonchev–Trinajstić information content (AvgIpc) is 2.39. The highest BCUT2D eigenvalue weighted by Crippen LogP contribution is 2.28. The Balaban J connectivity index is 2.20. The maximum Gasteiger partial charge on any atom is 0.131 e. The summed E-state index contributed by atoms with van der Waals surface area (Å²) >= 11 is 3.46. The zero-order valence-corrected chi connectivity index (χ0v) is 11.6. The molecule has 2 aromatic carbocycles. The van der Waals surface area contributed by atoms with E-state index in [1.807, 2.05) is 42.5 Å². The van der Waals surface area contributed by atoms with Crippen LogP contribution in [-0.4, -0.2) is 7.11 Å². The molecule has 0 radical (unpaired) electrons. The summed E-state index contributed by atoms with van der Waals surface area (Å²) in [6.45, 7) is 0.500. The monoisotopic (exact) mass is 307 g/mol. The van der Waals surface area contributed by atoms with Gasteiger partial charge in [-0.05, 0) is 29.8 Å². The lowest BCUT2D eigenvalue weighted by Gasteiger charge is -2.09. The SMILES string of the molecule is COc1cccc(Oc2ccc(CN)c(Br)c2)c1. The molecule has 0 aliphatic rings. The Morgan fingerprint density at radius 2 is 1.78 bits per heavy atom. The summed E-state index contributed by atoms with van der Waals surface area (Å²) in [7, 11) is 1.63. The molecule has 0 bridgehead atoms. The second-order valence-corrected chi connectivity index (χ2v) is 4.59. The molecule has 94 valence electrons. The fraction of sp³-hybridized carbons (Fsp3) is 0.143. The lowest BCUT2D eigenvalue weighted by Crippen LogP contribution is -1.97. The first-order valence-electron chi connectivity index (χ1n) is 5.53. The predicted octanol–water partition coefficient (Wildman–Crippen LogP) is 3.71. The summed E-state index contributed by atoms with van der Waals surface area (Å²) in [4.78, 5) is 0. The fourth-order valence-corrected chi connectivity index (χ4v) is 2.08. The molecule has 2 rings (SSSR count). The molecule has 0 aliphatic heterocycles. The van der Waals surface area contributed by atoms with Crippen LogP contribution >= 0.6 is 15.9 Å². The van der Waals surface area contributed by atoms with Crippen molar-refractivity contribution in [2.24, 2.45) is 5.73 Å². The Hall–Kier alpha value is -1.52. The third kappa shape index (κ3) is 3.03. The summed E-state index contributed by atoms with van der Waals surface area (Å²) in [5, 5.41) is 0. The minimum Gasteiger partial charge on any atom is -0.497 e. The van der Waals surface area contributed by atoms with Crippen LogP contribution in [0.5, 0.6) is 17.2 Å². The quantitative estimate of drug-likeness (QED) is 0.936. The van der Waals surface area contributed by atoms with Crippen LogP contribution in [0.4, 0.5) is 0 Å². The number of nitrogens with two attached hydrogens (primary N) is 1. The van der Waals surface area contributed by atoms with Crippen LogP contribution in [0.15, 0.2) is 46.9 Å². The first-order chi connectivity index (χ1) is 8.72. The summed E-state index contributed by atoms with van der Waals surface area (Å²) in [5.74, 6) is 2.26. The van der Waals surface area contributed by atoms with Gasteiger partial charge in [0.15, 0.2) is 0 Å². The number of methoxy groups -OCH3 is 1. The molecule has 4 heteroatoms. The van der Waals surface area contributed by atoms with E-state index in [1.165, 1.54) is 0 Å². The smallest absolute Gasteiger partial charge is 0.131 e. The first-order valence-corrected chi connectivity index (χ1v) is 6.32. The maximum absolute atomic E-state index is 5.75. The van der Waals surface area contributed by atoms with Gasteiger partial charge in [-0.2, -0.15) is 0 Å². The first kappa shape index (κ1) is 12.9. The second kappa shape index (κ2) is 5.89. The highest BCUT2D eigenvalue weighted by molar-refractivity contribution is 9.10. The number of rotatable bonds is 4. The molecule has 2 N–H and O–H groups in total. The van der Waals surface area contributed by atoms with Crippen molar-refractivity contribution < 1.29 is 9.47 Å². The van der Waals surface area contributed by atoms with E-state index < -0.39 is 0 Å². The largest absolute Gasteiger partial charge is 0.497 e. The van der Waals surface area contributed by atoms with E-state index in [-0.39, 0.29) is 0 Å². The van der Waals surface area contributed by atoms with Crippen LogP contribution in [0.1, 0.15) is 5.56 Å². The van der Waals surface area contributed by atoms with Gasteiger partial charge < -0.3 is 15.2 Å². The van der Waals surface area contributed by atoms with Crippen molar-refractivity contribution in [1.82, 2.24) is 0 Å². The molecule has 0 fully saturated rings. The van der Waals surface area contributed by atoms with E-state index in [1.54, 1.807) is 7.11 Å². The minimum absolute atomic E-state index is 0.500. The molecule has 0 saturated carbocycles. The van der Waals surface area contributed by atoms with E-state index >= 15 is 0 Å². The van der Waals surface area contributed by atoms with Crippen LogP contribution in [0.2, 0.25) is 0 Å². The van der Waals surface area contributed by atoms with E-state index in [0.29, 0.717) is 6.54 Å². The van der Waals surface area contributed by atoms with Crippen LogP contribution in [0, 0.1) is 0 Å². The van der Waals surface area contributed by atoms with Crippen LogP contribution in [0.25, 0.3) is 0 Å². The van der Waals surface area contributed by atoms with Crippen molar-refractivity contribution in [2.45, 2.75) is 6.54 Å². The number of benzene rings is 2. The summed E-state index contributed by atoms with van der Waals surface area (Å²) < 4.78 is 11.8. The lowest BCUT2D eigenvalue weighted by atomic mass is 10.2. The van der Waals surface area contributed by atoms with Crippen molar-refractivity contribution in [3.8, 4) is 17.2 Å². The third-order valence-electron chi connectivity index (χ3n) is 2.52. The maximum atomic E-state index is 5.75. The number of halogens is 1. The Labute approximate surface area is 115 Å². The number of ether oxygens (including phenoxy) is 2. The zero-order chi connectivity index (χ0) is 13.0. The molecular formula is C14H14BrNO2. The molecule has 18 heavy (non-hydrogen) atoms. The molecule has 0 amide bonds. The van der Waals surface area contributed by atoms with E-state index in [9.17, 15) is 0 Å². The minimum atomic E-state index is 0.500. The van der Waals surface area contributed by atoms with Crippen molar-refractivity contribution in [2.75, 3.05) is 7.11 Å². The van der Waals surface area contributed by atoms with Gasteiger partial charge in [0.1, 0.15) is 17.2 Å². The summed E-state index contributed by atoms with van der Waals surface area (Å²) in [6.07, 6.45) is 0. The highest BCUT2D eigenvalue weighted by Gasteiger charge is 2.03. The predicted molar refractivity (Wildman–Crippen MR) is 75.1 cm³/mol. The Kier molecular flexibility index (Phi) is 4.23. The molecule has 0 atom stereocenters. The highest BCUT2D eigenvalue weighted by atomic mass is 79.9. The van der Waals surface area contributed by atoms with Gasteiger partial charge in [-0.25, -0.2) is 0 Å². The molecule has 2 aromatic rings. The van der Waals surface area contributed by atoms with Crippen molar-refractivity contribution in [1.29, 1.82) is 0 Å². The Morgan fingerprint density at radius 3 is 2.44 bits per heavy atom. The molecule has 0 aromatic heterocycles. The van der Waals surface area contributed by atoms with Gasteiger partial charge in [0.05, 0.1) is 7.11 Å². The standard InChI is InChI=1S/C14H14BrNO2/c1-17-11-3-2-4-12(7-11)18-13-6-5-10(9-16)14(15)8-13/h2-8H,9,16H2,1H3. The summed E-state index contributed by atoms with van der Waals surface area (Å²) in [5.41, 5.74) is 6.65. The lowest BCUT2D eigenvalue weighted by molar-refractivity contribution is 0.409. The average molecular weight is 308 g/mol. The molecule has 0 aliphatic carbocycles. The normalized spacial score (nSPS) is 10.2. The van der Waals surface area contributed by atoms with Crippen LogP contribution < -0.4 is 15.2 Å². The molecule has 0 unspecified atom stereocenters. The third-order valence-corrected chi connectivity index (χ3v) is 3.26. The molecule has 0 saturated heterocycles. The van der Waals surface area contributed by atoms with Crippen molar-refractivity contribution in [3.05, 3.63) is 52.5 Å². The Morgan fingerprint density at radius 1 is 1.06 bits per heavy atom. The van der Waals surface area contributed by atoms with E-state index in [0.717, 1.165) is 27.3 Å². The molecular weight excluding hydrogens is 294 g/mol. The van der Waals surface area contributed by atoms with Gasteiger partial charge >= 0.3 is 0 Å². The molecule has 0 spiro atoms. The van der Waals surface area contributed by atoms with Crippen LogP contribution in [-0.2, 0) is 6.54 Å². The number of hydrogen-bond donors (Lipinski definition) is 1.